The van der Waals surface area contributed by atoms with Gasteiger partial charge in [0.25, 0.3) is 0 Å². The number of aliphatic hydroxyl groups is 1. The maximum absolute atomic E-state index is 9.25. The predicted molar refractivity (Wildman–Crippen MR) is 77.3 cm³/mol. The first-order valence-electron chi connectivity index (χ1n) is 7.93. The molecule has 2 aliphatic rings. The van der Waals surface area contributed by atoms with Gasteiger partial charge in [-0.25, -0.2) is 0 Å². The van der Waals surface area contributed by atoms with Crippen LogP contribution in [0.5, 0.6) is 0 Å². The van der Waals surface area contributed by atoms with Crippen LogP contribution in [0, 0.1) is 5.41 Å². The van der Waals surface area contributed by atoms with Crippen molar-refractivity contribution >= 4 is 0 Å². The number of ether oxygens (including phenoxy) is 1. The molecular weight excluding hydrogens is 240 g/mol. The normalized spacial score (nSPS) is 27.9. The molecule has 0 spiro atoms. The van der Waals surface area contributed by atoms with Gasteiger partial charge >= 0.3 is 0 Å². The Labute approximate surface area is 117 Å². The summed E-state index contributed by atoms with van der Waals surface area (Å²) in [6, 6.07) is 0.720. The van der Waals surface area contributed by atoms with E-state index in [2.05, 4.69) is 17.1 Å². The Hall–Kier alpha value is -0.160. The van der Waals surface area contributed by atoms with Crippen molar-refractivity contribution in [2.75, 3.05) is 46.0 Å². The van der Waals surface area contributed by atoms with E-state index in [-0.39, 0.29) is 12.0 Å². The van der Waals surface area contributed by atoms with Crippen LogP contribution in [-0.2, 0) is 4.74 Å². The topological polar surface area (TPSA) is 44.7 Å². The summed E-state index contributed by atoms with van der Waals surface area (Å²) in [6.07, 6.45) is 6.21. The molecule has 4 heteroatoms. The minimum atomic E-state index is 0.255. The summed E-state index contributed by atoms with van der Waals surface area (Å²) in [5.41, 5.74) is 0.255. The van der Waals surface area contributed by atoms with Crippen LogP contribution in [0.3, 0.4) is 0 Å². The van der Waals surface area contributed by atoms with Gasteiger partial charge in [0, 0.05) is 37.7 Å². The van der Waals surface area contributed by atoms with Crippen molar-refractivity contribution in [3.8, 4) is 0 Å². The number of hydrogen-bond donors (Lipinski definition) is 2. The van der Waals surface area contributed by atoms with E-state index in [0.29, 0.717) is 0 Å². The molecule has 112 valence electrons. The number of nitrogens with one attached hydrogen (secondary N) is 1. The Bertz CT molecular complexity index is 251. The van der Waals surface area contributed by atoms with Crippen LogP contribution in [-0.4, -0.2) is 62.0 Å². The number of rotatable bonds is 9. The summed E-state index contributed by atoms with van der Waals surface area (Å²) in [4.78, 5) is 2.49. The average molecular weight is 270 g/mol. The molecule has 2 rings (SSSR count). The zero-order chi connectivity index (χ0) is 13.6. The Kier molecular flexibility index (Phi) is 6.07. The third kappa shape index (κ3) is 4.71. The molecule has 1 aliphatic heterocycles. The molecule has 2 N–H and O–H groups in total. The van der Waals surface area contributed by atoms with Gasteiger partial charge in [-0.3, -0.25) is 4.90 Å². The molecule has 4 nitrogen and oxygen atoms in total. The Morgan fingerprint density at radius 1 is 1.42 bits per heavy atom. The van der Waals surface area contributed by atoms with Crippen molar-refractivity contribution in [2.45, 2.75) is 45.1 Å². The lowest BCUT2D eigenvalue weighted by molar-refractivity contribution is -0.0293. The maximum Gasteiger partial charge on any atom is 0.0558 e. The van der Waals surface area contributed by atoms with Gasteiger partial charge < -0.3 is 15.2 Å². The molecule has 0 bridgehead atoms. The highest BCUT2D eigenvalue weighted by Crippen LogP contribution is 2.34. The number of nitrogens with zero attached hydrogens (tertiary/aromatic N) is 1. The van der Waals surface area contributed by atoms with Gasteiger partial charge in [-0.05, 0) is 38.6 Å². The molecule has 1 unspecified atom stereocenters. The fourth-order valence-corrected chi connectivity index (χ4v) is 3.15. The quantitative estimate of drug-likeness (QED) is 0.619. The van der Waals surface area contributed by atoms with Crippen LogP contribution in [0.2, 0.25) is 0 Å². The highest BCUT2D eigenvalue weighted by Gasteiger charge is 2.38. The zero-order valence-corrected chi connectivity index (χ0v) is 12.4. The Morgan fingerprint density at radius 3 is 2.84 bits per heavy atom. The smallest absolute Gasteiger partial charge is 0.0558 e. The highest BCUT2D eigenvalue weighted by molar-refractivity contribution is 4.92. The third-order valence-corrected chi connectivity index (χ3v) is 4.32. The van der Waals surface area contributed by atoms with Crippen LogP contribution >= 0.6 is 0 Å². The monoisotopic (exact) mass is 270 g/mol. The van der Waals surface area contributed by atoms with Gasteiger partial charge in [-0.15, -0.1) is 0 Å². The van der Waals surface area contributed by atoms with E-state index in [1.807, 2.05) is 0 Å². The third-order valence-electron chi connectivity index (χ3n) is 4.32. The molecule has 1 aliphatic carbocycles. The van der Waals surface area contributed by atoms with E-state index in [9.17, 15) is 5.11 Å². The lowest BCUT2D eigenvalue weighted by atomic mass is 9.81. The van der Waals surface area contributed by atoms with Crippen molar-refractivity contribution in [1.82, 2.24) is 10.2 Å². The lowest BCUT2D eigenvalue weighted by Gasteiger charge is -2.41. The fourth-order valence-electron chi connectivity index (χ4n) is 3.15. The van der Waals surface area contributed by atoms with Gasteiger partial charge in [0.1, 0.15) is 0 Å². The second kappa shape index (κ2) is 7.58. The van der Waals surface area contributed by atoms with Crippen LogP contribution in [0.4, 0.5) is 0 Å². The molecule has 1 atom stereocenters. The summed E-state index contributed by atoms with van der Waals surface area (Å²) in [5, 5.41) is 12.8. The maximum atomic E-state index is 9.25. The SMILES string of the molecule is CCCNCC1(CN(CCO)C2CC2)CCCOC1. The summed E-state index contributed by atoms with van der Waals surface area (Å²) in [5.74, 6) is 0. The fraction of sp³-hybridized carbons (Fsp3) is 1.00. The van der Waals surface area contributed by atoms with E-state index in [4.69, 9.17) is 4.74 Å². The second-order valence-corrected chi connectivity index (χ2v) is 6.26. The largest absolute Gasteiger partial charge is 0.395 e. The second-order valence-electron chi connectivity index (χ2n) is 6.26. The van der Waals surface area contributed by atoms with Crippen LogP contribution in [0.15, 0.2) is 0 Å². The molecule has 0 aromatic carbocycles. The van der Waals surface area contributed by atoms with Gasteiger partial charge in [-0.2, -0.15) is 0 Å². The first-order valence-corrected chi connectivity index (χ1v) is 7.93. The van der Waals surface area contributed by atoms with E-state index in [1.165, 1.54) is 32.1 Å². The van der Waals surface area contributed by atoms with E-state index in [1.54, 1.807) is 0 Å². The Balaban J connectivity index is 1.90. The van der Waals surface area contributed by atoms with E-state index in [0.717, 1.165) is 45.4 Å². The summed E-state index contributed by atoms with van der Waals surface area (Å²) in [6.45, 7) is 8.31. The van der Waals surface area contributed by atoms with Crippen LogP contribution in [0.1, 0.15) is 39.0 Å². The minimum absolute atomic E-state index is 0.255. The molecule has 19 heavy (non-hydrogen) atoms. The summed E-state index contributed by atoms with van der Waals surface area (Å²) >= 11 is 0. The van der Waals surface area contributed by atoms with Gasteiger partial charge in [0.05, 0.1) is 13.2 Å². The van der Waals surface area contributed by atoms with Crippen LogP contribution in [0.25, 0.3) is 0 Å². The molecule has 0 amide bonds. The van der Waals surface area contributed by atoms with Gasteiger partial charge in [0.2, 0.25) is 0 Å². The minimum Gasteiger partial charge on any atom is -0.395 e. The number of hydrogen-bond acceptors (Lipinski definition) is 4. The van der Waals surface area contributed by atoms with Gasteiger partial charge in [0.15, 0.2) is 0 Å². The predicted octanol–water partition coefficient (Wildman–Crippen LogP) is 1.24. The van der Waals surface area contributed by atoms with Gasteiger partial charge in [-0.1, -0.05) is 6.92 Å². The zero-order valence-electron chi connectivity index (χ0n) is 12.4. The molecule has 0 aromatic rings. The number of aliphatic hydroxyl groups excluding tert-OH is 1. The summed E-state index contributed by atoms with van der Waals surface area (Å²) in [7, 11) is 0. The molecular formula is C15H30N2O2. The lowest BCUT2D eigenvalue weighted by Crippen LogP contribution is -2.50. The Morgan fingerprint density at radius 2 is 2.26 bits per heavy atom. The molecule has 0 radical (unpaired) electrons. The average Bonchev–Trinajstić information content (AvgIpc) is 3.24. The van der Waals surface area contributed by atoms with Crippen molar-refractivity contribution in [3.05, 3.63) is 0 Å². The first-order chi connectivity index (χ1) is 9.29. The van der Waals surface area contributed by atoms with Crippen molar-refractivity contribution in [3.63, 3.8) is 0 Å². The van der Waals surface area contributed by atoms with Crippen molar-refractivity contribution in [1.29, 1.82) is 0 Å². The molecule has 1 heterocycles. The van der Waals surface area contributed by atoms with E-state index < -0.39 is 0 Å². The summed E-state index contributed by atoms with van der Waals surface area (Å²) < 4.78 is 5.77. The van der Waals surface area contributed by atoms with Crippen molar-refractivity contribution in [2.24, 2.45) is 5.41 Å². The molecule has 0 aromatic heterocycles. The molecule has 1 saturated heterocycles. The van der Waals surface area contributed by atoms with Crippen LogP contribution < -0.4 is 5.32 Å². The van der Waals surface area contributed by atoms with E-state index >= 15 is 0 Å². The highest BCUT2D eigenvalue weighted by atomic mass is 16.5. The standard InChI is InChI=1S/C15H30N2O2/c1-2-7-16-11-15(6-3-10-19-13-15)12-17(8-9-18)14-4-5-14/h14,16,18H,2-13H2,1H3. The molecule has 2 fully saturated rings. The molecule has 1 saturated carbocycles. The van der Waals surface area contributed by atoms with Crippen molar-refractivity contribution < 1.29 is 9.84 Å². The first kappa shape index (κ1) is 15.2.